The Labute approximate surface area is 185 Å². The summed E-state index contributed by atoms with van der Waals surface area (Å²) in [7, 11) is -3.62. The highest BCUT2D eigenvalue weighted by Crippen LogP contribution is 2.35. The number of hydrogen-bond acceptors (Lipinski definition) is 7. The second kappa shape index (κ2) is 8.16. The predicted octanol–water partition coefficient (Wildman–Crippen LogP) is 3.27. The van der Waals surface area contributed by atoms with Gasteiger partial charge in [0.2, 0.25) is 12.6 Å². The first kappa shape index (κ1) is 21.6. The van der Waals surface area contributed by atoms with Crippen LogP contribution in [-0.2, 0) is 14.6 Å². The summed E-state index contributed by atoms with van der Waals surface area (Å²) in [6, 6.07) is 13.0. The van der Waals surface area contributed by atoms with E-state index in [2.05, 4.69) is 0 Å². The fourth-order valence-corrected chi connectivity index (χ4v) is 4.59. The third kappa shape index (κ3) is 3.99. The van der Waals surface area contributed by atoms with E-state index >= 15 is 0 Å². The second-order valence-electron chi connectivity index (χ2n) is 7.43. The number of esters is 1. The molecule has 0 N–H and O–H groups in total. The van der Waals surface area contributed by atoms with Crippen molar-refractivity contribution >= 4 is 21.6 Å². The van der Waals surface area contributed by atoms with Crippen LogP contribution < -0.4 is 9.47 Å². The number of carbonyl (C=O) groups excluding carboxylic acids is 2. The number of Topliss-reactive ketones (excluding diaryl/α,β-unsaturated/α-hetero) is 1. The number of benzene rings is 2. The number of nitrogens with zero attached hydrogens (tertiary/aromatic N) is 1. The van der Waals surface area contributed by atoms with Crippen LogP contribution in [0, 0.1) is 13.8 Å². The molecule has 32 heavy (non-hydrogen) atoms. The van der Waals surface area contributed by atoms with Crippen LogP contribution in [-0.4, -0.2) is 44.4 Å². The van der Waals surface area contributed by atoms with Crippen molar-refractivity contribution in [1.82, 2.24) is 4.57 Å². The number of fused-ring (bicyclic) bond motifs is 1. The number of aryl methyl sites for hydroxylation is 1. The Balaban J connectivity index is 1.54. The van der Waals surface area contributed by atoms with E-state index in [1.807, 2.05) is 23.6 Å². The molecule has 3 aromatic rings. The van der Waals surface area contributed by atoms with Gasteiger partial charge in [-0.05, 0) is 44.2 Å². The van der Waals surface area contributed by atoms with Crippen molar-refractivity contribution in [3.8, 4) is 17.2 Å². The van der Waals surface area contributed by atoms with Crippen molar-refractivity contribution in [1.29, 1.82) is 0 Å². The number of carbonyl (C=O) groups is 2. The average Bonchev–Trinajstić information content (AvgIpc) is 3.34. The monoisotopic (exact) mass is 455 g/mol. The van der Waals surface area contributed by atoms with Crippen LogP contribution in [0.25, 0.3) is 5.69 Å². The Morgan fingerprint density at radius 3 is 2.47 bits per heavy atom. The van der Waals surface area contributed by atoms with Gasteiger partial charge < -0.3 is 18.8 Å². The Bertz CT molecular complexity index is 1340. The van der Waals surface area contributed by atoms with Crippen LogP contribution >= 0.6 is 0 Å². The normalized spacial score (nSPS) is 12.6. The molecule has 0 saturated carbocycles. The Morgan fingerprint density at radius 1 is 1.00 bits per heavy atom. The van der Waals surface area contributed by atoms with Crippen molar-refractivity contribution in [2.45, 2.75) is 18.7 Å². The highest BCUT2D eigenvalue weighted by atomic mass is 32.2. The van der Waals surface area contributed by atoms with Gasteiger partial charge in [0.15, 0.2) is 27.9 Å². The molecule has 0 spiro atoms. The summed E-state index contributed by atoms with van der Waals surface area (Å²) in [4.78, 5) is 25.1. The largest absolute Gasteiger partial charge is 0.454 e. The molecule has 0 amide bonds. The van der Waals surface area contributed by atoms with Crippen LogP contribution in [0.2, 0.25) is 0 Å². The van der Waals surface area contributed by atoms with Gasteiger partial charge in [-0.25, -0.2) is 13.2 Å². The molecule has 4 rings (SSSR count). The molecule has 1 aliphatic rings. The highest BCUT2D eigenvalue weighted by Gasteiger charge is 2.23. The highest BCUT2D eigenvalue weighted by molar-refractivity contribution is 7.90. The zero-order valence-corrected chi connectivity index (χ0v) is 18.6. The Kier molecular flexibility index (Phi) is 5.52. The van der Waals surface area contributed by atoms with E-state index in [4.69, 9.17) is 14.2 Å². The van der Waals surface area contributed by atoms with Gasteiger partial charge >= 0.3 is 5.97 Å². The summed E-state index contributed by atoms with van der Waals surface area (Å²) < 4.78 is 41.7. The first-order valence-electron chi connectivity index (χ1n) is 9.75. The van der Waals surface area contributed by atoms with Gasteiger partial charge in [-0.15, -0.1) is 0 Å². The van der Waals surface area contributed by atoms with E-state index in [1.54, 1.807) is 19.1 Å². The number of hydrogen-bond donors (Lipinski definition) is 0. The van der Waals surface area contributed by atoms with Gasteiger partial charge in [0.1, 0.15) is 0 Å². The van der Waals surface area contributed by atoms with Crippen LogP contribution in [0.15, 0.2) is 53.4 Å². The average molecular weight is 455 g/mol. The molecular formula is C23H21NO7S. The molecule has 0 radical (unpaired) electrons. The van der Waals surface area contributed by atoms with Gasteiger partial charge in [0, 0.05) is 35.0 Å². The van der Waals surface area contributed by atoms with Crippen molar-refractivity contribution in [2.24, 2.45) is 0 Å². The van der Waals surface area contributed by atoms with Gasteiger partial charge in [-0.3, -0.25) is 4.79 Å². The zero-order chi connectivity index (χ0) is 23.0. The molecule has 166 valence electrons. The standard InChI is InChI=1S/C23H21NO7S/c1-14-10-18(15(2)24(14)16-8-9-20-21(11-16)31-13-30-20)19(25)12-29-23(26)17-6-4-5-7-22(17)32(3,27)28/h4-11H,12-13H2,1-3H3. The molecule has 1 aliphatic heterocycles. The van der Waals surface area contributed by atoms with Crippen molar-refractivity contribution in [3.05, 3.63) is 71.0 Å². The lowest BCUT2D eigenvalue weighted by Gasteiger charge is -2.11. The summed E-state index contributed by atoms with van der Waals surface area (Å²) >= 11 is 0. The molecule has 0 atom stereocenters. The summed E-state index contributed by atoms with van der Waals surface area (Å²) in [6.45, 7) is 3.32. The number of rotatable bonds is 6. The molecule has 0 unspecified atom stereocenters. The predicted molar refractivity (Wildman–Crippen MR) is 116 cm³/mol. The number of sulfone groups is 1. The van der Waals surface area contributed by atoms with Crippen molar-refractivity contribution < 1.29 is 32.2 Å². The fourth-order valence-electron chi connectivity index (χ4n) is 3.71. The summed E-state index contributed by atoms with van der Waals surface area (Å²) in [6.07, 6.45) is 1.01. The minimum Gasteiger partial charge on any atom is -0.454 e. The molecule has 0 saturated heterocycles. The van der Waals surface area contributed by atoms with Crippen LogP contribution in [0.3, 0.4) is 0 Å². The lowest BCUT2D eigenvalue weighted by molar-refractivity contribution is 0.0471. The zero-order valence-electron chi connectivity index (χ0n) is 17.7. The molecule has 0 aliphatic carbocycles. The number of aromatic nitrogens is 1. The van der Waals surface area contributed by atoms with Gasteiger partial charge in [-0.2, -0.15) is 0 Å². The molecule has 1 aromatic heterocycles. The molecule has 2 heterocycles. The molecule has 0 bridgehead atoms. The maximum Gasteiger partial charge on any atom is 0.339 e. The SMILES string of the molecule is Cc1cc(C(=O)COC(=O)c2ccccc2S(C)(=O)=O)c(C)n1-c1ccc2c(c1)OCO2. The minimum absolute atomic E-state index is 0.103. The van der Waals surface area contributed by atoms with Crippen LogP contribution in [0.4, 0.5) is 0 Å². The summed E-state index contributed by atoms with van der Waals surface area (Å²) in [5, 5.41) is 0. The molecule has 8 nitrogen and oxygen atoms in total. The molecule has 9 heteroatoms. The molecule has 2 aromatic carbocycles. The van der Waals surface area contributed by atoms with Gasteiger partial charge in [0.25, 0.3) is 0 Å². The quantitative estimate of drug-likeness (QED) is 0.415. The smallest absolute Gasteiger partial charge is 0.339 e. The third-order valence-corrected chi connectivity index (χ3v) is 6.34. The number of ketones is 1. The summed E-state index contributed by atoms with van der Waals surface area (Å²) in [5.41, 5.74) is 2.61. The van der Waals surface area contributed by atoms with Crippen molar-refractivity contribution in [3.63, 3.8) is 0 Å². The van der Waals surface area contributed by atoms with E-state index in [0.29, 0.717) is 22.8 Å². The van der Waals surface area contributed by atoms with E-state index in [1.165, 1.54) is 24.3 Å². The second-order valence-corrected chi connectivity index (χ2v) is 9.41. The lowest BCUT2D eigenvalue weighted by atomic mass is 10.1. The van der Waals surface area contributed by atoms with Crippen LogP contribution in [0.1, 0.15) is 32.1 Å². The maximum atomic E-state index is 12.8. The Morgan fingerprint density at radius 2 is 1.72 bits per heavy atom. The van der Waals surface area contributed by atoms with Gasteiger partial charge in [0.05, 0.1) is 10.5 Å². The Hall–Kier alpha value is -3.59. The van der Waals surface area contributed by atoms with E-state index < -0.39 is 28.2 Å². The van der Waals surface area contributed by atoms with E-state index in [9.17, 15) is 18.0 Å². The first-order chi connectivity index (χ1) is 15.2. The van der Waals surface area contributed by atoms with Crippen LogP contribution in [0.5, 0.6) is 11.5 Å². The molecule has 0 fully saturated rings. The lowest BCUT2D eigenvalue weighted by Crippen LogP contribution is -2.17. The fraction of sp³-hybridized carbons (Fsp3) is 0.217. The first-order valence-corrected chi connectivity index (χ1v) is 11.6. The topological polar surface area (TPSA) is 101 Å². The maximum absolute atomic E-state index is 12.8. The number of ether oxygens (including phenoxy) is 3. The minimum atomic E-state index is -3.62. The van der Waals surface area contributed by atoms with Crippen molar-refractivity contribution in [2.75, 3.05) is 19.7 Å². The molecular weight excluding hydrogens is 434 g/mol. The van der Waals surface area contributed by atoms with E-state index in [-0.39, 0.29) is 17.3 Å². The van der Waals surface area contributed by atoms with Gasteiger partial charge in [-0.1, -0.05) is 12.1 Å². The third-order valence-electron chi connectivity index (χ3n) is 5.19. The van der Waals surface area contributed by atoms with E-state index in [0.717, 1.165) is 17.6 Å². The summed E-state index contributed by atoms with van der Waals surface area (Å²) in [5.74, 6) is 0.0226.